The lowest BCUT2D eigenvalue weighted by molar-refractivity contribution is -0.143. The van der Waals surface area contributed by atoms with Crippen molar-refractivity contribution < 1.29 is 17.9 Å². The molecule has 1 aliphatic rings. The number of hydrogen-bond acceptors (Lipinski definition) is 6. The van der Waals surface area contributed by atoms with E-state index in [2.05, 4.69) is 20.5 Å². The zero-order chi connectivity index (χ0) is 24.0. The molecule has 0 spiro atoms. The fourth-order valence-corrected chi connectivity index (χ4v) is 4.54. The van der Waals surface area contributed by atoms with E-state index in [4.69, 9.17) is 9.84 Å². The second-order valence-electron chi connectivity index (χ2n) is 8.59. The van der Waals surface area contributed by atoms with Gasteiger partial charge in [0.15, 0.2) is 5.75 Å². The summed E-state index contributed by atoms with van der Waals surface area (Å²) in [6.07, 6.45) is 4.60. The Bertz CT molecular complexity index is 1310. The lowest BCUT2D eigenvalue weighted by atomic mass is 9.93. The molecule has 4 aromatic rings. The van der Waals surface area contributed by atoms with Gasteiger partial charge in [0.1, 0.15) is 11.5 Å². The monoisotopic (exact) mass is 474 g/mol. The standard InChI is InChI=1S/C22H25F3N8O/c1-26-19-8-17-16(10-27-19)20(13-9-28-31(2)11-13)29-33(17)14-4-6-15(7-5-14)34-18-12-32(3)30-21(18)22(23,24)25/h8-12,14-15H,4-7H2,1-3H3,(H,26,27). The van der Waals surface area contributed by atoms with Crippen molar-refractivity contribution in [3.05, 3.63) is 36.5 Å². The van der Waals surface area contributed by atoms with Crippen molar-refractivity contribution in [3.63, 3.8) is 0 Å². The molecule has 5 rings (SSSR count). The van der Waals surface area contributed by atoms with Crippen LogP contribution < -0.4 is 10.1 Å². The molecule has 0 aliphatic heterocycles. The van der Waals surface area contributed by atoms with Crippen LogP contribution in [0.2, 0.25) is 0 Å². The first kappa shape index (κ1) is 22.2. The average molecular weight is 474 g/mol. The molecule has 12 heteroatoms. The van der Waals surface area contributed by atoms with Crippen molar-refractivity contribution in [2.45, 2.75) is 44.0 Å². The topological polar surface area (TPSA) is 87.6 Å². The minimum absolute atomic E-state index is 0.0934. The van der Waals surface area contributed by atoms with Crippen LogP contribution in [0.5, 0.6) is 5.75 Å². The predicted molar refractivity (Wildman–Crippen MR) is 119 cm³/mol. The summed E-state index contributed by atoms with van der Waals surface area (Å²) in [6, 6.07) is 2.06. The van der Waals surface area contributed by atoms with E-state index in [-0.39, 0.29) is 17.9 Å². The maximum Gasteiger partial charge on any atom is 0.438 e. The van der Waals surface area contributed by atoms with Crippen LogP contribution in [-0.2, 0) is 20.3 Å². The van der Waals surface area contributed by atoms with Gasteiger partial charge >= 0.3 is 6.18 Å². The van der Waals surface area contributed by atoms with Gasteiger partial charge in [-0.05, 0) is 25.7 Å². The Balaban J connectivity index is 1.39. The lowest BCUT2D eigenvalue weighted by Crippen LogP contribution is -2.27. The Morgan fingerprint density at radius 2 is 1.79 bits per heavy atom. The number of nitrogens with one attached hydrogen (secondary N) is 1. The number of rotatable bonds is 5. The van der Waals surface area contributed by atoms with Crippen LogP contribution in [0.4, 0.5) is 19.0 Å². The summed E-state index contributed by atoms with van der Waals surface area (Å²) in [7, 11) is 5.12. The maximum absolute atomic E-state index is 13.3. The zero-order valence-corrected chi connectivity index (χ0v) is 19.0. The van der Waals surface area contributed by atoms with Gasteiger partial charge in [0.25, 0.3) is 0 Å². The van der Waals surface area contributed by atoms with Crippen LogP contribution in [0.25, 0.3) is 22.2 Å². The van der Waals surface area contributed by atoms with E-state index in [1.54, 1.807) is 10.9 Å². The van der Waals surface area contributed by atoms with Gasteiger partial charge in [-0.2, -0.15) is 28.5 Å². The van der Waals surface area contributed by atoms with Gasteiger partial charge in [0.05, 0.1) is 30.1 Å². The molecule has 0 atom stereocenters. The highest BCUT2D eigenvalue weighted by molar-refractivity contribution is 5.93. The molecule has 4 heterocycles. The van der Waals surface area contributed by atoms with Crippen molar-refractivity contribution in [2.24, 2.45) is 14.1 Å². The van der Waals surface area contributed by atoms with E-state index in [0.717, 1.165) is 45.5 Å². The second kappa shape index (κ2) is 8.33. The summed E-state index contributed by atoms with van der Waals surface area (Å²) in [5, 5.41) is 16.7. The van der Waals surface area contributed by atoms with E-state index in [1.807, 2.05) is 37.2 Å². The summed E-state index contributed by atoms with van der Waals surface area (Å²) in [5.74, 6) is 0.520. The Hall–Kier alpha value is -3.57. The zero-order valence-electron chi connectivity index (χ0n) is 19.0. The van der Waals surface area contributed by atoms with Crippen LogP contribution in [0.3, 0.4) is 0 Å². The molecule has 180 valence electrons. The number of alkyl halides is 3. The molecule has 0 aromatic carbocycles. The molecule has 1 aliphatic carbocycles. The normalized spacial score (nSPS) is 19.0. The van der Waals surface area contributed by atoms with Crippen molar-refractivity contribution in [1.29, 1.82) is 0 Å². The van der Waals surface area contributed by atoms with Gasteiger partial charge in [0.2, 0.25) is 5.69 Å². The first-order valence-electron chi connectivity index (χ1n) is 11.1. The molecule has 0 saturated heterocycles. The van der Waals surface area contributed by atoms with Gasteiger partial charge in [-0.15, -0.1) is 0 Å². The number of aryl methyl sites for hydroxylation is 2. The number of nitrogens with zero attached hydrogens (tertiary/aromatic N) is 7. The Morgan fingerprint density at radius 1 is 1.03 bits per heavy atom. The number of pyridine rings is 1. The highest BCUT2D eigenvalue weighted by atomic mass is 19.4. The van der Waals surface area contributed by atoms with Crippen LogP contribution >= 0.6 is 0 Å². The Kier molecular flexibility index (Phi) is 5.45. The number of halogens is 3. The first-order chi connectivity index (χ1) is 16.2. The van der Waals surface area contributed by atoms with Gasteiger partial charge in [0, 0.05) is 50.6 Å². The summed E-state index contributed by atoms with van der Waals surface area (Å²) >= 11 is 0. The molecule has 1 fully saturated rings. The lowest BCUT2D eigenvalue weighted by Gasteiger charge is -2.29. The largest absolute Gasteiger partial charge is 0.486 e. The third-order valence-corrected chi connectivity index (χ3v) is 6.17. The molecule has 0 radical (unpaired) electrons. The summed E-state index contributed by atoms with van der Waals surface area (Å²) in [6.45, 7) is 0. The van der Waals surface area contributed by atoms with E-state index in [1.165, 1.54) is 13.2 Å². The molecule has 1 saturated carbocycles. The molecule has 34 heavy (non-hydrogen) atoms. The summed E-state index contributed by atoms with van der Waals surface area (Å²) < 4.78 is 50.4. The second-order valence-corrected chi connectivity index (χ2v) is 8.59. The molecule has 0 unspecified atom stereocenters. The van der Waals surface area contributed by atoms with Crippen molar-refractivity contribution >= 4 is 16.7 Å². The highest BCUT2D eigenvalue weighted by Crippen LogP contribution is 2.39. The molecule has 0 bridgehead atoms. The molecule has 0 amide bonds. The predicted octanol–water partition coefficient (Wildman–Crippen LogP) is 4.19. The van der Waals surface area contributed by atoms with E-state index < -0.39 is 11.9 Å². The highest BCUT2D eigenvalue weighted by Gasteiger charge is 2.39. The molecule has 9 nitrogen and oxygen atoms in total. The first-order valence-corrected chi connectivity index (χ1v) is 11.1. The molecular formula is C22H25F3N8O. The Labute approximate surface area is 193 Å². The van der Waals surface area contributed by atoms with E-state index >= 15 is 0 Å². The molecule has 1 N–H and O–H groups in total. The summed E-state index contributed by atoms with van der Waals surface area (Å²) in [5.41, 5.74) is 1.68. The number of anilines is 1. The number of aromatic nitrogens is 7. The fourth-order valence-electron chi connectivity index (χ4n) is 4.54. The van der Waals surface area contributed by atoms with E-state index in [9.17, 15) is 13.2 Å². The minimum atomic E-state index is -4.55. The minimum Gasteiger partial charge on any atom is -0.486 e. The number of fused-ring (bicyclic) bond motifs is 1. The summed E-state index contributed by atoms with van der Waals surface area (Å²) in [4.78, 5) is 4.45. The van der Waals surface area contributed by atoms with Crippen LogP contribution in [0.1, 0.15) is 37.4 Å². The van der Waals surface area contributed by atoms with E-state index in [0.29, 0.717) is 12.8 Å². The van der Waals surface area contributed by atoms with Gasteiger partial charge in [-0.3, -0.25) is 14.0 Å². The average Bonchev–Trinajstić information content (AvgIpc) is 3.50. The van der Waals surface area contributed by atoms with Crippen LogP contribution in [0.15, 0.2) is 30.9 Å². The third-order valence-electron chi connectivity index (χ3n) is 6.17. The van der Waals surface area contributed by atoms with Gasteiger partial charge < -0.3 is 10.1 Å². The Morgan fingerprint density at radius 3 is 2.44 bits per heavy atom. The van der Waals surface area contributed by atoms with Gasteiger partial charge in [-0.25, -0.2) is 4.98 Å². The van der Waals surface area contributed by atoms with Gasteiger partial charge in [-0.1, -0.05) is 0 Å². The number of hydrogen-bond donors (Lipinski definition) is 1. The number of ether oxygens (including phenoxy) is 1. The SMILES string of the molecule is CNc1cc2c(cn1)c(-c1cnn(C)c1)nn2C1CCC(Oc2cn(C)nc2C(F)(F)F)CC1. The van der Waals surface area contributed by atoms with Crippen LogP contribution in [0, 0.1) is 0 Å². The van der Waals surface area contributed by atoms with Crippen molar-refractivity contribution in [2.75, 3.05) is 12.4 Å². The quantitative estimate of drug-likeness (QED) is 0.467. The molecule has 4 aromatic heterocycles. The third kappa shape index (κ3) is 4.08. The smallest absolute Gasteiger partial charge is 0.438 e. The maximum atomic E-state index is 13.3. The fraction of sp³-hybridized carbons (Fsp3) is 0.455. The van der Waals surface area contributed by atoms with Crippen molar-refractivity contribution in [1.82, 2.24) is 34.3 Å². The van der Waals surface area contributed by atoms with Crippen LogP contribution in [-0.4, -0.2) is 47.5 Å². The molecular weight excluding hydrogens is 449 g/mol. The van der Waals surface area contributed by atoms with Crippen molar-refractivity contribution in [3.8, 4) is 17.0 Å².